The van der Waals surface area contributed by atoms with Crippen LogP contribution >= 0.6 is 0 Å². The maximum absolute atomic E-state index is 12.6. The first kappa shape index (κ1) is 25.8. The van der Waals surface area contributed by atoms with Crippen LogP contribution in [0.15, 0.2) is 46.2 Å². The van der Waals surface area contributed by atoms with Gasteiger partial charge in [0.15, 0.2) is 12.2 Å². The Morgan fingerprint density at radius 2 is 1.71 bits per heavy atom. The first-order valence-electron chi connectivity index (χ1n) is 9.85. The van der Waals surface area contributed by atoms with E-state index in [0.717, 1.165) is 4.90 Å². The number of benzene rings is 1. The zero-order chi connectivity index (χ0) is 25.1. The molecule has 0 bridgehead atoms. The van der Waals surface area contributed by atoms with E-state index in [9.17, 15) is 39.6 Å². The molecule has 1 saturated heterocycles. The zero-order valence-corrected chi connectivity index (χ0v) is 18.1. The van der Waals surface area contributed by atoms with Gasteiger partial charge < -0.3 is 14.1 Å². The highest BCUT2D eigenvalue weighted by Crippen LogP contribution is 2.36. The number of halogens is 6. The molecule has 0 saturated carbocycles. The summed E-state index contributed by atoms with van der Waals surface area (Å²) in [4.78, 5) is 16.3. The second-order valence-corrected chi connectivity index (χ2v) is 9.29. The number of likely N-dealkylation sites (tertiary alicyclic amines) is 1. The maximum atomic E-state index is 12.6. The SMILES string of the molecule is O=C(OC(C(F)(F)F)C(F)(F)F)N1CCC(CNS(=O)(=O)c2ccc(-c3cnco3)cc2)CC1. The van der Waals surface area contributed by atoms with Crippen molar-refractivity contribution in [2.45, 2.75) is 36.2 Å². The lowest BCUT2D eigenvalue weighted by Gasteiger charge is -2.33. The second-order valence-electron chi connectivity index (χ2n) is 7.52. The van der Waals surface area contributed by atoms with Crippen LogP contribution in [0.5, 0.6) is 0 Å². The van der Waals surface area contributed by atoms with Gasteiger partial charge in [-0.1, -0.05) is 0 Å². The Hall–Kier alpha value is -2.81. The molecule has 0 radical (unpaired) electrons. The van der Waals surface area contributed by atoms with Gasteiger partial charge in [-0.25, -0.2) is 22.9 Å². The van der Waals surface area contributed by atoms with Crippen molar-refractivity contribution in [2.24, 2.45) is 5.92 Å². The highest BCUT2D eigenvalue weighted by molar-refractivity contribution is 7.89. The summed E-state index contributed by atoms with van der Waals surface area (Å²) in [6.07, 6.45) is -14.5. The van der Waals surface area contributed by atoms with E-state index in [0.29, 0.717) is 11.3 Å². The number of amides is 1. The molecule has 1 aromatic heterocycles. The van der Waals surface area contributed by atoms with Gasteiger partial charge in [0.2, 0.25) is 10.0 Å². The highest BCUT2D eigenvalue weighted by Gasteiger charge is 2.60. The topological polar surface area (TPSA) is 102 Å². The van der Waals surface area contributed by atoms with Gasteiger partial charge in [0.05, 0.1) is 11.1 Å². The van der Waals surface area contributed by atoms with Crippen LogP contribution in [-0.2, 0) is 14.8 Å². The predicted octanol–water partition coefficient (Wildman–Crippen LogP) is 3.96. The first-order chi connectivity index (χ1) is 15.8. The number of hydrogen-bond donors (Lipinski definition) is 1. The minimum absolute atomic E-state index is 0.0119. The Bertz CT molecular complexity index is 1050. The number of carbonyl (C=O) groups is 1. The van der Waals surface area contributed by atoms with Gasteiger partial charge in [-0.05, 0) is 43.0 Å². The third-order valence-corrected chi connectivity index (χ3v) is 6.57. The first-order valence-corrected chi connectivity index (χ1v) is 11.3. The summed E-state index contributed by atoms with van der Waals surface area (Å²) < 4.78 is 112. The molecule has 2 heterocycles. The average molecular weight is 515 g/mol. The minimum atomic E-state index is -5.79. The molecule has 8 nitrogen and oxygen atoms in total. The third kappa shape index (κ3) is 6.40. The van der Waals surface area contributed by atoms with E-state index in [-0.39, 0.29) is 43.3 Å². The molecule has 0 atom stereocenters. The Balaban J connectivity index is 1.50. The van der Waals surface area contributed by atoms with Gasteiger partial charge in [0.1, 0.15) is 0 Å². The van der Waals surface area contributed by atoms with Gasteiger partial charge in [0, 0.05) is 25.2 Å². The smallest absolute Gasteiger partial charge is 0.434 e. The summed E-state index contributed by atoms with van der Waals surface area (Å²) in [6.45, 7) is -0.387. The van der Waals surface area contributed by atoms with Gasteiger partial charge in [0.25, 0.3) is 6.10 Å². The molecule has 1 aliphatic rings. The van der Waals surface area contributed by atoms with E-state index in [2.05, 4.69) is 14.4 Å². The average Bonchev–Trinajstić information content (AvgIpc) is 3.30. The highest BCUT2D eigenvalue weighted by atomic mass is 32.2. The van der Waals surface area contributed by atoms with Crippen LogP contribution in [0.2, 0.25) is 0 Å². The Morgan fingerprint density at radius 3 is 2.21 bits per heavy atom. The van der Waals surface area contributed by atoms with E-state index in [1.54, 1.807) is 0 Å². The van der Waals surface area contributed by atoms with E-state index in [1.807, 2.05) is 0 Å². The van der Waals surface area contributed by atoms with Crippen molar-refractivity contribution in [3.8, 4) is 11.3 Å². The number of piperidine rings is 1. The molecule has 1 fully saturated rings. The molecule has 0 spiro atoms. The molecule has 2 aromatic rings. The number of ether oxygens (including phenoxy) is 1. The molecular weight excluding hydrogens is 496 g/mol. The maximum Gasteiger partial charge on any atom is 0.434 e. The van der Waals surface area contributed by atoms with Gasteiger partial charge >= 0.3 is 18.4 Å². The van der Waals surface area contributed by atoms with Crippen LogP contribution in [0.3, 0.4) is 0 Å². The Kier molecular flexibility index (Phi) is 7.45. The van der Waals surface area contributed by atoms with Crippen molar-refractivity contribution < 1.29 is 48.7 Å². The molecule has 1 amide bonds. The van der Waals surface area contributed by atoms with Crippen molar-refractivity contribution in [1.29, 1.82) is 0 Å². The quantitative estimate of drug-likeness (QED) is 0.585. The van der Waals surface area contributed by atoms with Crippen LogP contribution in [0.1, 0.15) is 12.8 Å². The number of nitrogens with zero attached hydrogens (tertiary/aromatic N) is 2. The van der Waals surface area contributed by atoms with Gasteiger partial charge in [-0.2, -0.15) is 26.3 Å². The van der Waals surface area contributed by atoms with Crippen LogP contribution in [0.25, 0.3) is 11.3 Å². The van der Waals surface area contributed by atoms with Crippen LogP contribution < -0.4 is 4.72 Å². The molecule has 1 aliphatic heterocycles. The van der Waals surface area contributed by atoms with E-state index >= 15 is 0 Å². The van der Waals surface area contributed by atoms with E-state index in [1.165, 1.54) is 36.9 Å². The largest absolute Gasteiger partial charge is 0.444 e. The van der Waals surface area contributed by atoms with Gasteiger partial charge in [-0.3, -0.25) is 0 Å². The zero-order valence-electron chi connectivity index (χ0n) is 17.3. The molecular formula is C19H19F6N3O5S. The lowest BCUT2D eigenvalue weighted by atomic mass is 9.97. The second kappa shape index (κ2) is 9.82. The molecule has 15 heteroatoms. The number of alkyl halides is 6. The molecule has 3 rings (SSSR count). The molecule has 1 N–H and O–H groups in total. The Morgan fingerprint density at radius 1 is 1.12 bits per heavy atom. The molecule has 0 aliphatic carbocycles. The summed E-state index contributed by atoms with van der Waals surface area (Å²) in [5.74, 6) is 0.173. The monoisotopic (exact) mass is 515 g/mol. The van der Waals surface area contributed by atoms with Crippen molar-refractivity contribution in [1.82, 2.24) is 14.6 Å². The number of oxazole rings is 1. The summed E-state index contributed by atoms with van der Waals surface area (Å²) in [5.41, 5.74) is 0.619. The molecule has 188 valence electrons. The summed E-state index contributed by atoms with van der Waals surface area (Å²) >= 11 is 0. The fourth-order valence-electron chi connectivity index (χ4n) is 3.28. The van der Waals surface area contributed by atoms with E-state index < -0.39 is 34.6 Å². The van der Waals surface area contributed by atoms with Crippen LogP contribution in [0, 0.1) is 5.92 Å². The molecule has 0 unspecified atom stereocenters. The number of nitrogens with one attached hydrogen (secondary N) is 1. The molecule has 1 aromatic carbocycles. The number of hydrogen-bond acceptors (Lipinski definition) is 6. The summed E-state index contributed by atoms with van der Waals surface area (Å²) in [5, 5.41) is 0. The minimum Gasteiger partial charge on any atom is -0.444 e. The standard InChI is InChI=1S/C19H19F6N3O5S/c20-18(21,22)16(19(23,24)25)33-17(29)28-7-5-12(6-8-28)9-27-34(30,31)14-3-1-13(2-4-14)15-10-26-11-32-15/h1-4,10-12,16,27H,5-9H2. The van der Waals surface area contributed by atoms with Gasteiger partial charge in [-0.15, -0.1) is 0 Å². The van der Waals surface area contributed by atoms with Crippen molar-refractivity contribution in [2.75, 3.05) is 19.6 Å². The molecule has 34 heavy (non-hydrogen) atoms. The number of aromatic nitrogens is 1. The third-order valence-electron chi connectivity index (χ3n) is 5.13. The summed E-state index contributed by atoms with van der Waals surface area (Å²) in [6, 6.07) is 5.82. The van der Waals surface area contributed by atoms with Crippen molar-refractivity contribution >= 4 is 16.1 Å². The van der Waals surface area contributed by atoms with Crippen LogP contribution in [0.4, 0.5) is 31.1 Å². The fraction of sp³-hybridized carbons (Fsp3) is 0.474. The normalized spacial score (nSPS) is 16.1. The lowest BCUT2D eigenvalue weighted by Crippen LogP contribution is -2.49. The van der Waals surface area contributed by atoms with Crippen molar-refractivity contribution in [3.05, 3.63) is 36.9 Å². The van der Waals surface area contributed by atoms with Crippen molar-refractivity contribution in [3.63, 3.8) is 0 Å². The number of rotatable bonds is 6. The van der Waals surface area contributed by atoms with Crippen LogP contribution in [-0.4, -0.2) is 62.5 Å². The number of sulfonamides is 1. The fourth-order valence-corrected chi connectivity index (χ4v) is 4.40. The lowest BCUT2D eigenvalue weighted by molar-refractivity contribution is -0.308. The summed E-state index contributed by atoms with van der Waals surface area (Å²) in [7, 11) is -3.88. The Labute approximate surface area is 189 Å². The number of carbonyl (C=O) groups excluding carboxylic acids is 1. The predicted molar refractivity (Wildman–Crippen MR) is 104 cm³/mol. The van der Waals surface area contributed by atoms with E-state index in [4.69, 9.17) is 4.42 Å².